The molecule has 1 heterocycles. The Kier molecular flexibility index (Phi) is 6.21. The first kappa shape index (κ1) is 20.3. The lowest BCUT2D eigenvalue weighted by atomic mass is 9.99. The summed E-state index contributed by atoms with van der Waals surface area (Å²) in [4.78, 5) is 19.5. The monoisotopic (exact) mass is 416 g/mol. The van der Waals surface area contributed by atoms with Crippen molar-refractivity contribution in [3.05, 3.63) is 101 Å². The number of fused-ring (bicyclic) bond motifs is 1. The topological polar surface area (TPSA) is 49.8 Å². The Bertz CT molecular complexity index is 1040. The van der Waals surface area contributed by atoms with Crippen LogP contribution in [0.1, 0.15) is 35.1 Å². The SMILES string of the molecule is C[C@H](c1nc2ccccc2s1)N(C)C(=O)C[NH2+]C(c1ccccc1)c1ccccc1. The molecule has 2 N–H and O–H groups in total. The van der Waals surface area contributed by atoms with Crippen LogP contribution in [0.4, 0.5) is 0 Å². The Balaban J connectivity index is 1.47. The predicted octanol–water partition coefficient (Wildman–Crippen LogP) is 4.17. The van der Waals surface area contributed by atoms with E-state index < -0.39 is 0 Å². The van der Waals surface area contributed by atoms with Crippen molar-refractivity contribution in [2.45, 2.75) is 19.0 Å². The summed E-state index contributed by atoms with van der Waals surface area (Å²) in [5.74, 6) is 0.0959. The Hall–Kier alpha value is -3.02. The second kappa shape index (κ2) is 9.20. The fourth-order valence-corrected chi connectivity index (χ4v) is 4.66. The van der Waals surface area contributed by atoms with Crippen molar-refractivity contribution in [3.8, 4) is 0 Å². The number of aromatic nitrogens is 1. The third-order valence-electron chi connectivity index (χ3n) is 5.49. The van der Waals surface area contributed by atoms with Gasteiger partial charge in [-0.3, -0.25) is 4.79 Å². The average molecular weight is 417 g/mol. The maximum absolute atomic E-state index is 13.0. The zero-order valence-electron chi connectivity index (χ0n) is 17.2. The molecule has 5 heteroatoms. The highest BCUT2D eigenvalue weighted by Gasteiger charge is 2.24. The summed E-state index contributed by atoms with van der Waals surface area (Å²) < 4.78 is 1.15. The van der Waals surface area contributed by atoms with Gasteiger partial charge in [-0.2, -0.15) is 0 Å². The second-order valence-corrected chi connectivity index (χ2v) is 8.50. The number of amides is 1. The molecule has 4 aromatic rings. The second-order valence-electron chi connectivity index (χ2n) is 7.44. The van der Waals surface area contributed by atoms with Crippen LogP contribution in [0.15, 0.2) is 84.9 Å². The zero-order valence-corrected chi connectivity index (χ0v) is 18.0. The lowest BCUT2D eigenvalue weighted by Crippen LogP contribution is -2.87. The molecule has 30 heavy (non-hydrogen) atoms. The molecule has 0 aliphatic rings. The number of likely N-dealkylation sites (N-methyl/N-ethyl adjacent to an activating group) is 1. The molecule has 0 aliphatic heterocycles. The number of para-hydroxylation sites is 1. The van der Waals surface area contributed by atoms with Crippen LogP contribution < -0.4 is 5.32 Å². The van der Waals surface area contributed by atoms with Gasteiger partial charge in [-0.1, -0.05) is 72.8 Å². The quantitative estimate of drug-likeness (QED) is 0.492. The molecule has 0 radical (unpaired) electrons. The molecule has 0 spiro atoms. The van der Waals surface area contributed by atoms with Crippen LogP contribution in [-0.2, 0) is 4.79 Å². The van der Waals surface area contributed by atoms with Crippen LogP contribution in [0, 0.1) is 0 Å². The predicted molar refractivity (Wildman–Crippen MR) is 122 cm³/mol. The van der Waals surface area contributed by atoms with E-state index in [1.807, 2.05) is 68.6 Å². The van der Waals surface area contributed by atoms with Gasteiger partial charge in [-0.15, -0.1) is 11.3 Å². The lowest BCUT2D eigenvalue weighted by Gasteiger charge is -2.24. The van der Waals surface area contributed by atoms with E-state index in [1.54, 1.807) is 16.2 Å². The molecular formula is C25H26N3OS+. The first-order valence-electron chi connectivity index (χ1n) is 10.2. The van der Waals surface area contributed by atoms with Crippen molar-refractivity contribution < 1.29 is 10.1 Å². The normalized spacial score (nSPS) is 12.2. The Morgan fingerprint density at radius 3 is 2.10 bits per heavy atom. The number of thiazole rings is 1. The van der Waals surface area contributed by atoms with Crippen LogP contribution >= 0.6 is 11.3 Å². The van der Waals surface area contributed by atoms with E-state index >= 15 is 0 Å². The fourth-order valence-electron chi connectivity index (χ4n) is 3.60. The largest absolute Gasteiger partial charge is 0.332 e. The van der Waals surface area contributed by atoms with Crippen molar-refractivity contribution in [3.63, 3.8) is 0 Å². The lowest BCUT2D eigenvalue weighted by molar-refractivity contribution is -0.677. The number of nitrogens with two attached hydrogens (primary N) is 1. The van der Waals surface area contributed by atoms with E-state index in [0.29, 0.717) is 6.54 Å². The van der Waals surface area contributed by atoms with E-state index in [4.69, 9.17) is 4.98 Å². The molecule has 0 bridgehead atoms. The molecule has 1 amide bonds. The summed E-state index contributed by atoms with van der Waals surface area (Å²) in [6, 6.07) is 28.8. The van der Waals surface area contributed by atoms with Crippen LogP contribution in [0.3, 0.4) is 0 Å². The highest BCUT2D eigenvalue weighted by atomic mass is 32.1. The molecule has 0 fully saturated rings. The molecule has 4 rings (SSSR count). The van der Waals surface area contributed by atoms with Gasteiger partial charge >= 0.3 is 0 Å². The number of carbonyl (C=O) groups excluding carboxylic acids is 1. The van der Waals surface area contributed by atoms with E-state index in [1.165, 1.54) is 11.1 Å². The number of hydrogen-bond acceptors (Lipinski definition) is 3. The van der Waals surface area contributed by atoms with Crippen LogP contribution in [0.5, 0.6) is 0 Å². The number of carbonyl (C=O) groups is 1. The Labute approximate surface area is 181 Å². The van der Waals surface area contributed by atoms with Crippen LogP contribution in [0.2, 0.25) is 0 Å². The first-order valence-corrected chi connectivity index (χ1v) is 11.0. The third kappa shape index (κ3) is 4.42. The summed E-state index contributed by atoms with van der Waals surface area (Å²) in [5, 5.41) is 3.09. The average Bonchev–Trinajstić information content (AvgIpc) is 3.24. The van der Waals surface area contributed by atoms with Gasteiger partial charge in [0.15, 0.2) is 6.54 Å². The number of quaternary nitrogens is 1. The van der Waals surface area contributed by atoms with E-state index in [-0.39, 0.29) is 18.0 Å². The molecule has 4 nitrogen and oxygen atoms in total. The van der Waals surface area contributed by atoms with Gasteiger partial charge in [-0.25, -0.2) is 4.98 Å². The molecule has 0 unspecified atom stereocenters. The van der Waals surface area contributed by atoms with Crippen molar-refractivity contribution in [2.24, 2.45) is 0 Å². The van der Waals surface area contributed by atoms with Gasteiger partial charge < -0.3 is 10.2 Å². The van der Waals surface area contributed by atoms with Crippen molar-refractivity contribution in [2.75, 3.05) is 13.6 Å². The number of benzene rings is 3. The van der Waals surface area contributed by atoms with Gasteiger partial charge in [-0.05, 0) is 19.1 Å². The summed E-state index contributed by atoms with van der Waals surface area (Å²) in [6.45, 7) is 2.42. The summed E-state index contributed by atoms with van der Waals surface area (Å²) in [6.07, 6.45) is 0. The summed E-state index contributed by atoms with van der Waals surface area (Å²) in [5.41, 5.74) is 3.38. The van der Waals surface area contributed by atoms with Crippen molar-refractivity contribution >= 4 is 27.5 Å². The van der Waals surface area contributed by atoms with Gasteiger partial charge in [0.2, 0.25) is 0 Å². The first-order chi connectivity index (χ1) is 14.6. The zero-order chi connectivity index (χ0) is 20.9. The minimum Gasteiger partial charge on any atom is -0.332 e. The maximum atomic E-state index is 13.0. The highest BCUT2D eigenvalue weighted by Crippen LogP contribution is 2.28. The van der Waals surface area contributed by atoms with Gasteiger partial charge in [0.25, 0.3) is 5.91 Å². The number of nitrogens with zero attached hydrogens (tertiary/aromatic N) is 2. The highest BCUT2D eigenvalue weighted by molar-refractivity contribution is 7.18. The number of hydrogen-bond donors (Lipinski definition) is 1. The summed E-state index contributed by atoms with van der Waals surface area (Å²) in [7, 11) is 1.87. The molecule has 0 aliphatic carbocycles. The van der Waals surface area contributed by atoms with Crippen molar-refractivity contribution in [1.29, 1.82) is 0 Å². The standard InChI is InChI=1S/C25H25N3OS/c1-18(25-27-21-15-9-10-16-22(21)30-25)28(2)23(29)17-26-24(19-11-5-3-6-12-19)20-13-7-4-8-14-20/h3-16,18,24,26H,17H2,1-2H3/p+1/t18-/m1/s1. The molecule has 1 atom stereocenters. The molecule has 3 aromatic carbocycles. The molecular weight excluding hydrogens is 390 g/mol. The van der Waals surface area contributed by atoms with E-state index in [9.17, 15) is 4.79 Å². The summed E-state index contributed by atoms with van der Waals surface area (Å²) >= 11 is 1.65. The van der Waals surface area contributed by atoms with Crippen LogP contribution in [-0.4, -0.2) is 29.4 Å². The van der Waals surface area contributed by atoms with E-state index in [2.05, 4.69) is 35.6 Å². The van der Waals surface area contributed by atoms with E-state index in [0.717, 1.165) is 15.2 Å². The smallest absolute Gasteiger partial charge is 0.278 e. The van der Waals surface area contributed by atoms with Crippen molar-refractivity contribution in [1.82, 2.24) is 9.88 Å². The maximum Gasteiger partial charge on any atom is 0.278 e. The molecule has 0 saturated heterocycles. The number of rotatable bonds is 7. The minimum absolute atomic E-state index is 0.0600. The van der Waals surface area contributed by atoms with Gasteiger partial charge in [0, 0.05) is 18.2 Å². The molecule has 152 valence electrons. The van der Waals surface area contributed by atoms with Gasteiger partial charge in [0.1, 0.15) is 11.0 Å². The van der Waals surface area contributed by atoms with Crippen LogP contribution in [0.25, 0.3) is 10.2 Å². The molecule has 0 saturated carbocycles. The minimum atomic E-state index is -0.0600. The Morgan fingerprint density at radius 2 is 1.50 bits per heavy atom. The molecule has 1 aromatic heterocycles. The Morgan fingerprint density at radius 1 is 0.933 bits per heavy atom. The van der Waals surface area contributed by atoms with Gasteiger partial charge in [0.05, 0.1) is 16.3 Å². The third-order valence-corrected chi connectivity index (χ3v) is 6.69. The fraction of sp³-hybridized carbons (Fsp3) is 0.200.